The maximum atomic E-state index is 13.8. The number of ether oxygens (including phenoxy) is 3. The molecule has 1 heterocycles. The third-order valence-electron chi connectivity index (χ3n) is 6.87. The second kappa shape index (κ2) is 10.4. The average Bonchev–Trinajstić information content (AvgIpc) is 3.08. The molecule has 36 heavy (non-hydrogen) atoms. The van der Waals surface area contributed by atoms with Crippen molar-refractivity contribution in [1.29, 1.82) is 0 Å². The number of hydrogen-bond donors (Lipinski definition) is 2. The van der Waals surface area contributed by atoms with Gasteiger partial charge in [0.15, 0.2) is 17.3 Å². The van der Waals surface area contributed by atoms with Gasteiger partial charge < -0.3 is 24.8 Å². The maximum absolute atomic E-state index is 13.8. The molecule has 6 heteroatoms. The number of hydrogen-bond acceptors (Lipinski definition) is 6. The lowest BCUT2D eigenvalue weighted by atomic mass is 9.78. The van der Waals surface area contributed by atoms with Gasteiger partial charge in [0, 0.05) is 17.7 Å². The van der Waals surface area contributed by atoms with E-state index in [1.165, 1.54) is 0 Å². The summed E-state index contributed by atoms with van der Waals surface area (Å²) in [6, 6.07) is 21.8. The van der Waals surface area contributed by atoms with Crippen LogP contribution in [0.1, 0.15) is 49.3 Å². The van der Waals surface area contributed by atoms with Crippen LogP contribution in [0.5, 0.6) is 17.2 Å². The summed E-state index contributed by atoms with van der Waals surface area (Å²) in [5.41, 5.74) is 5.79. The molecule has 2 N–H and O–H groups in total. The SMILES string of the molecule is CCCOc1ccc([C@H]2Nc3ccccc3NC3=C2C(=O)C[C@H](c2ccc(OC)c(OC)c2)C3)cc1. The van der Waals surface area contributed by atoms with Crippen molar-refractivity contribution < 1.29 is 19.0 Å². The Morgan fingerprint density at radius 2 is 1.58 bits per heavy atom. The van der Waals surface area contributed by atoms with E-state index in [2.05, 4.69) is 29.7 Å². The van der Waals surface area contributed by atoms with Gasteiger partial charge in [0.05, 0.1) is 38.2 Å². The minimum Gasteiger partial charge on any atom is -0.494 e. The third-order valence-corrected chi connectivity index (χ3v) is 6.87. The number of rotatable bonds is 7. The molecular weight excluding hydrogens is 452 g/mol. The second-order valence-electron chi connectivity index (χ2n) is 9.20. The minimum absolute atomic E-state index is 0.0410. The Labute approximate surface area is 212 Å². The van der Waals surface area contributed by atoms with Crippen molar-refractivity contribution in [3.8, 4) is 17.2 Å². The van der Waals surface area contributed by atoms with Crippen LogP contribution >= 0.6 is 0 Å². The van der Waals surface area contributed by atoms with Crippen LogP contribution in [0.3, 0.4) is 0 Å². The van der Waals surface area contributed by atoms with Crippen molar-refractivity contribution in [2.45, 2.75) is 38.1 Å². The number of benzene rings is 3. The molecule has 0 saturated heterocycles. The Morgan fingerprint density at radius 3 is 2.31 bits per heavy atom. The van der Waals surface area contributed by atoms with Gasteiger partial charge in [0.2, 0.25) is 0 Å². The van der Waals surface area contributed by atoms with Crippen LogP contribution in [0, 0.1) is 0 Å². The van der Waals surface area contributed by atoms with Crippen molar-refractivity contribution in [2.75, 3.05) is 31.5 Å². The number of fused-ring (bicyclic) bond motifs is 1. The summed E-state index contributed by atoms with van der Waals surface area (Å²) in [7, 11) is 3.26. The maximum Gasteiger partial charge on any atom is 0.163 e. The van der Waals surface area contributed by atoms with Crippen LogP contribution in [0.4, 0.5) is 11.4 Å². The summed E-state index contributed by atoms with van der Waals surface area (Å²) in [5.74, 6) is 2.37. The zero-order valence-corrected chi connectivity index (χ0v) is 21.0. The largest absolute Gasteiger partial charge is 0.494 e. The van der Waals surface area contributed by atoms with E-state index in [9.17, 15) is 4.79 Å². The topological polar surface area (TPSA) is 68.8 Å². The van der Waals surface area contributed by atoms with E-state index < -0.39 is 0 Å². The predicted molar refractivity (Wildman–Crippen MR) is 142 cm³/mol. The molecule has 0 fully saturated rings. The first kappa shape index (κ1) is 23.8. The minimum atomic E-state index is -0.254. The highest BCUT2D eigenvalue weighted by atomic mass is 16.5. The Bertz CT molecular complexity index is 1280. The fourth-order valence-corrected chi connectivity index (χ4v) is 5.06. The standard InChI is InChI=1S/C30H32N2O4/c1-4-15-36-22-12-9-19(10-13-22)30-29-25(31-23-7-5-6-8-24(23)32-30)16-21(17-26(29)33)20-11-14-27(34-2)28(18-20)35-3/h5-14,18,21,30-32H,4,15-17H2,1-3H3/t21-,30-/m1/s1. The van der Waals surface area contributed by atoms with Crippen molar-refractivity contribution in [1.82, 2.24) is 0 Å². The summed E-state index contributed by atoms with van der Waals surface area (Å²) in [6.07, 6.45) is 2.11. The molecule has 0 radical (unpaired) electrons. The Kier molecular flexibility index (Phi) is 6.85. The molecule has 3 aromatic rings. The number of carbonyl (C=O) groups is 1. The number of para-hydroxylation sites is 2. The lowest BCUT2D eigenvalue weighted by Crippen LogP contribution is -2.26. The monoisotopic (exact) mass is 484 g/mol. The Hall–Kier alpha value is -3.93. The fourth-order valence-electron chi connectivity index (χ4n) is 5.06. The van der Waals surface area contributed by atoms with E-state index in [0.29, 0.717) is 24.5 Å². The molecule has 0 spiro atoms. The van der Waals surface area contributed by atoms with Crippen molar-refractivity contribution in [3.63, 3.8) is 0 Å². The van der Waals surface area contributed by atoms with Crippen LogP contribution in [0.25, 0.3) is 0 Å². The van der Waals surface area contributed by atoms with E-state index in [0.717, 1.165) is 52.4 Å². The first-order valence-corrected chi connectivity index (χ1v) is 12.4. The van der Waals surface area contributed by atoms with Gasteiger partial charge in [-0.15, -0.1) is 0 Å². The van der Waals surface area contributed by atoms with Gasteiger partial charge in [-0.1, -0.05) is 37.3 Å². The van der Waals surface area contributed by atoms with Crippen LogP contribution in [0.15, 0.2) is 78.0 Å². The number of carbonyl (C=O) groups excluding carboxylic acids is 1. The molecule has 1 aliphatic heterocycles. The van der Waals surface area contributed by atoms with Gasteiger partial charge in [0.25, 0.3) is 0 Å². The van der Waals surface area contributed by atoms with E-state index >= 15 is 0 Å². The molecular formula is C30H32N2O4. The van der Waals surface area contributed by atoms with E-state index in [1.807, 2.05) is 54.6 Å². The summed E-state index contributed by atoms with van der Waals surface area (Å²) in [5, 5.41) is 7.23. The first-order chi connectivity index (χ1) is 17.6. The molecule has 0 aromatic heterocycles. The smallest absolute Gasteiger partial charge is 0.163 e. The molecule has 0 amide bonds. The molecule has 2 atom stereocenters. The predicted octanol–water partition coefficient (Wildman–Crippen LogP) is 6.47. The van der Waals surface area contributed by atoms with E-state index in [4.69, 9.17) is 14.2 Å². The van der Waals surface area contributed by atoms with Crippen LogP contribution in [0.2, 0.25) is 0 Å². The normalized spacial score (nSPS) is 18.8. The molecule has 3 aromatic carbocycles. The van der Waals surface area contributed by atoms with Gasteiger partial charge in [0.1, 0.15) is 5.75 Å². The highest BCUT2D eigenvalue weighted by molar-refractivity contribution is 6.01. The molecule has 5 rings (SSSR count). The number of Topliss-reactive ketones (excluding diaryl/α,β-unsaturated/α-hetero) is 1. The van der Waals surface area contributed by atoms with Crippen LogP contribution in [-0.2, 0) is 4.79 Å². The zero-order valence-electron chi connectivity index (χ0n) is 21.0. The molecule has 186 valence electrons. The van der Waals surface area contributed by atoms with Crippen LogP contribution in [-0.4, -0.2) is 26.6 Å². The van der Waals surface area contributed by atoms with Crippen LogP contribution < -0.4 is 24.8 Å². The lowest BCUT2D eigenvalue weighted by molar-refractivity contribution is -0.116. The second-order valence-corrected chi connectivity index (χ2v) is 9.20. The summed E-state index contributed by atoms with van der Waals surface area (Å²) >= 11 is 0. The Balaban J connectivity index is 1.52. The molecule has 0 bridgehead atoms. The fraction of sp³-hybridized carbons (Fsp3) is 0.300. The molecule has 6 nitrogen and oxygen atoms in total. The number of ketones is 1. The number of methoxy groups -OCH3 is 2. The average molecular weight is 485 g/mol. The zero-order chi connectivity index (χ0) is 25.1. The summed E-state index contributed by atoms with van der Waals surface area (Å²) in [4.78, 5) is 13.8. The molecule has 0 saturated carbocycles. The molecule has 1 aliphatic carbocycles. The van der Waals surface area contributed by atoms with Gasteiger partial charge in [-0.05, 0) is 66.3 Å². The van der Waals surface area contributed by atoms with E-state index in [1.54, 1.807) is 14.2 Å². The Morgan fingerprint density at radius 1 is 0.861 bits per heavy atom. The lowest BCUT2D eigenvalue weighted by Gasteiger charge is -2.30. The first-order valence-electron chi connectivity index (χ1n) is 12.4. The van der Waals surface area contributed by atoms with E-state index in [-0.39, 0.29) is 17.7 Å². The van der Waals surface area contributed by atoms with Crippen molar-refractivity contribution in [2.24, 2.45) is 0 Å². The number of allylic oxidation sites excluding steroid dienone is 1. The number of anilines is 2. The third kappa shape index (κ3) is 4.63. The van der Waals surface area contributed by atoms with Crippen molar-refractivity contribution >= 4 is 17.2 Å². The quantitative estimate of drug-likeness (QED) is 0.400. The summed E-state index contributed by atoms with van der Waals surface area (Å²) in [6.45, 7) is 2.77. The molecule has 0 unspecified atom stereocenters. The van der Waals surface area contributed by atoms with Gasteiger partial charge in [-0.2, -0.15) is 0 Å². The summed E-state index contributed by atoms with van der Waals surface area (Å²) < 4.78 is 16.7. The highest BCUT2D eigenvalue weighted by Crippen LogP contribution is 2.45. The van der Waals surface area contributed by atoms with Gasteiger partial charge in [-0.3, -0.25) is 4.79 Å². The van der Waals surface area contributed by atoms with Gasteiger partial charge in [-0.25, -0.2) is 0 Å². The molecule has 2 aliphatic rings. The highest BCUT2D eigenvalue weighted by Gasteiger charge is 2.36. The number of nitrogens with one attached hydrogen (secondary N) is 2. The van der Waals surface area contributed by atoms with Gasteiger partial charge >= 0.3 is 0 Å². The van der Waals surface area contributed by atoms with Crippen molar-refractivity contribution in [3.05, 3.63) is 89.1 Å².